The maximum atomic E-state index is 5.40. The molecular weight excluding hydrogens is 228 g/mol. The van der Waals surface area contributed by atoms with Crippen LogP contribution in [0.5, 0.6) is 0 Å². The quantitative estimate of drug-likeness (QED) is 0.874. The Labute approximate surface area is 106 Å². The third kappa shape index (κ3) is 1.90. The Bertz CT molecular complexity index is 551. The normalized spacial score (nSPS) is 23.4. The molecule has 1 aliphatic rings. The molecule has 2 atom stereocenters. The van der Waals surface area contributed by atoms with Gasteiger partial charge in [-0.25, -0.2) is 0 Å². The number of nitrogens with one attached hydrogen (secondary N) is 1. The van der Waals surface area contributed by atoms with Crippen molar-refractivity contribution in [1.29, 1.82) is 0 Å². The van der Waals surface area contributed by atoms with Crippen LogP contribution in [0.3, 0.4) is 0 Å². The van der Waals surface area contributed by atoms with Gasteiger partial charge in [0.05, 0.1) is 5.92 Å². The summed E-state index contributed by atoms with van der Waals surface area (Å²) >= 11 is 0. The SMILES string of the molecule is Cc1ccncc1-c1noc(C2CCNC2C)n1. The number of aryl methyl sites for hydroxylation is 1. The van der Waals surface area contributed by atoms with E-state index < -0.39 is 0 Å². The van der Waals surface area contributed by atoms with Crippen molar-refractivity contribution in [3.63, 3.8) is 0 Å². The lowest BCUT2D eigenvalue weighted by atomic mass is 10.0. The molecule has 2 aromatic rings. The van der Waals surface area contributed by atoms with Crippen LogP contribution in [-0.4, -0.2) is 27.7 Å². The van der Waals surface area contributed by atoms with Crippen molar-refractivity contribution in [1.82, 2.24) is 20.4 Å². The standard InChI is InChI=1S/C13H16N4O/c1-8-3-5-14-7-11(8)12-16-13(18-17-12)10-4-6-15-9(10)2/h3,5,7,9-10,15H,4,6H2,1-2H3. The first-order valence-electron chi connectivity index (χ1n) is 6.23. The Kier molecular flexibility index (Phi) is 2.83. The molecule has 0 radical (unpaired) electrons. The summed E-state index contributed by atoms with van der Waals surface area (Å²) in [5.74, 6) is 1.68. The van der Waals surface area contributed by atoms with E-state index in [9.17, 15) is 0 Å². The predicted molar refractivity (Wildman–Crippen MR) is 67.1 cm³/mol. The van der Waals surface area contributed by atoms with E-state index in [4.69, 9.17) is 4.52 Å². The van der Waals surface area contributed by atoms with Crippen LogP contribution >= 0.6 is 0 Å². The van der Waals surface area contributed by atoms with Crippen LogP contribution in [0.25, 0.3) is 11.4 Å². The summed E-state index contributed by atoms with van der Waals surface area (Å²) in [6.45, 7) is 5.18. The first-order valence-corrected chi connectivity index (χ1v) is 6.23. The topological polar surface area (TPSA) is 63.8 Å². The molecule has 0 aromatic carbocycles. The third-order valence-corrected chi connectivity index (χ3v) is 3.56. The Hall–Kier alpha value is -1.75. The molecule has 0 spiro atoms. The van der Waals surface area contributed by atoms with Crippen molar-refractivity contribution < 1.29 is 4.52 Å². The molecule has 3 rings (SSSR count). The molecule has 0 aliphatic carbocycles. The van der Waals surface area contributed by atoms with Crippen LogP contribution in [0.2, 0.25) is 0 Å². The van der Waals surface area contributed by atoms with E-state index in [2.05, 4.69) is 27.4 Å². The monoisotopic (exact) mass is 244 g/mol. The minimum Gasteiger partial charge on any atom is -0.339 e. The molecule has 0 saturated carbocycles. The van der Waals surface area contributed by atoms with Gasteiger partial charge in [-0.1, -0.05) is 5.16 Å². The second kappa shape index (κ2) is 4.49. The number of nitrogens with zero attached hydrogens (tertiary/aromatic N) is 3. The summed E-state index contributed by atoms with van der Waals surface area (Å²) in [5, 5.41) is 7.46. The lowest BCUT2D eigenvalue weighted by Crippen LogP contribution is -2.21. The van der Waals surface area contributed by atoms with Gasteiger partial charge in [0, 0.05) is 24.0 Å². The molecule has 3 heterocycles. The largest absolute Gasteiger partial charge is 0.339 e. The van der Waals surface area contributed by atoms with Gasteiger partial charge in [-0.05, 0) is 38.4 Å². The molecule has 1 aliphatic heterocycles. The maximum Gasteiger partial charge on any atom is 0.231 e. The first kappa shape index (κ1) is 11.3. The molecule has 2 unspecified atom stereocenters. The summed E-state index contributed by atoms with van der Waals surface area (Å²) in [6, 6.07) is 2.35. The molecule has 0 amide bonds. The van der Waals surface area contributed by atoms with Gasteiger partial charge in [-0.2, -0.15) is 4.98 Å². The Morgan fingerprint density at radius 3 is 3.06 bits per heavy atom. The van der Waals surface area contributed by atoms with E-state index in [-0.39, 0.29) is 0 Å². The fourth-order valence-corrected chi connectivity index (χ4v) is 2.39. The van der Waals surface area contributed by atoms with E-state index in [0.717, 1.165) is 30.0 Å². The molecule has 18 heavy (non-hydrogen) atoms. The Morgan fingerprint density at radius 1 is 1.44 bits per heavy atom. The average molecular weight is 244 g/mol. The van der Waals surface area contributed by atoms with Crippen LogP contribution in [0, 0.1) is 6.92 Å². The zero-order chi connectivity index (χ0) is 12.5. The van der Waals surface area contributed by atoms with Crippen LogP contribution < -0.4 is 5.32 Å². The highest BCUT2D eigenvalue weighted by Crippen LogP contribution is 2.28. The Balaban J connectivity index is 1.92. The van der Waals surface area contributed by atoms with Crippen molar-refractivity contribution in [2.75, 3.05) is 6.54 Å². The number of aromatic nitrogens is 3. The second-order valence-corrected chi connectivity index (χ2v) is 4.78. The van der Waals surface area contributed by atoms with Gasteiger partial charge in [0.2, 0.25) is 11.7 Å². The van der Waals surface area contributed by atoms with E-state index >= 15 is 0 Å². The third-order valence-electron chi connectivity index (χ3n) is 3.56. The number of rotatable bonds is 2. The first-order chi connectivity index (χ1) is 8.75. The summed E-state index contributed by atoms with van der Waals surface area (Å²) in [5.41, 5.74) is 2.04. The van der Waals surface area contributed by atoms with Gasteiger partial charge in [0.25, 0.3) is 0 Å². The van der Waals surface area contributed by atoms with Crippen LogP contribution in [0.4, 0.5) is 0 Å². The number of pyridine rings is 1. The molecule has 5 nitrogen and oxygen atoms in total. The molecule has 1 fully saturated rings. The Morgan fingerprint density at radius 2 is 2.33 bits per heavy atom. The van der Waals surface area contributed by atoms with Gasteiger partial charge in [-0.15, -0.1) is 0 Å². The highest BCUT2D eigenvalue weighted by atomic mass is 16.5. The van der Waals surface area contributed by atoms with Crippen molar-refractivity contribution >= 4 is 0 Å². The molecule has 1 N–H and O–H groups in total. The van der Waals surface area contributed by atoms with E-state index in [0.29, 0.717) is 17.8 Å². The van der Waals surface area contributed by atoms with Gasteiger partial charge in [0.15, 0.2) is 0 Å². The van der Waals surface area contributed by atoms with Crippen LogP contribution in [0.15, 0.2) is 23.0 Å². The average Bonchev–Trinajstić information content (AvgIpc) is 2.98. The smallest absolute Gasteiger partial charge is 0.231 e. The fourth-order valence-electron chi connectivity index (χ4n) is 2.39. The van der Waals surface area contributed by atoms with Gasteiger partial charge in [0.1, 0.15) is 0 Å². The number of hydrogen-bond acceptors (Lipinski definition) is 5. The van der Waals surface area contributed by atoms with Crippen LogP contribution in [0.1, 0.15) is 30.7 Å². The van der Waals surface area contributed by atoms with Crippen molar-refractivity contribution in [2.45, 2.75) is 32.2 Å². The zero-order valence-corrected chi connectivity index (χ0v) is 10.6. The maximum absolute atomic E-state index is 5.40. The summed E-state index contributed by atoms with van der Waals surface area (Å²) in [4.78, 5) is 8.63. The van der Waals surface area contributed by atoms with E-state index in [1.54, 1.807) is 12.4 Å². The summed E-state index contributed by atoms with van der Waals surface area (Å²) in [6.07, 6.45) is 4.60. The highest BCUT2D eigenvalue weighted by Gasteiger charge is 2.29. The molecule has 2 aromatic heterocycles. The lowest BCUT2D eigenvalue weighted by Gasteiger charge is -2.08. The van der Waals surface area contributed by atoms with Gasteiger partial charge < -0.3 is 9.84 Å². The minimum absolute atomic E-state index is 0.322. The van der Waals surface area contributed by atoms with Crippen molar-refractivity contribution in [2.24, 2.45) is 0 Å². The van der Waals surface area contributed by atoms with Crippen molar-refractivity contribution in [3.8, 4) is 11.4 Å². The van der Waals surface area contributed by atoms with Gasteiger partial charge in [-0.3, -0.25) is 4.98 Å². The molecule has 1 saturated heterocycles. The fraction of sp³-hybridized carbons (Fsp3) is 0.462. The minimum atomic E-state index is 0.322. The molecule has 0 bridgehead atoms. The molecular formula is C13H16N4O. The van der Waals surface area contributed by atoms with Crippen molar-refractivity contribution in [3.05, 3.63) is 29.9 Å². The van der Waals surface area contributed by atoms with Crippen LogP contribution in [-0.2, 0) is 0 Å². The van der Waals surface area contributed by atoms with E-state index in [1.807, 2.05) is 13.0 Å². The lowest BCUT2D eigenvalue weighted by molar-refractivity contribution is 0.345. The summed E-state index contributed by atoms with van der Waals surface area (Å²) in [7, 11) is 0. The number of hydrogen-bond donors (Lipinski definition) is 1. The second-order valence-electron chi connectivity index (χ2n) is 4.78. The highest BCUT2D eigenvalue weighted by molar-refractivity contribution is 5.57. The van der Waals surface area contributed by atoms with E-state index in [1.165, 1.54) is 0 Å². The predicted octanol–water partition coefficient (Wildman–Crippen LogP) is 1.91. The molecule has 5 heteroatoms. The molecule has 94 valence electrons. The zero-order valence-electron chi connectivity index (χ0n) is 10.6. The van der Waals surface area contributed by atoms with Gasteiger partial charge >= 0.3 is 0 Å². The summed E-state index contributed by atoms with van der Waals surface area (Å²) < 4.78 is 5.40.